The van der Waals surface area contributed by atoms with E-state index in [9.17, 15) is 8.42 Å². The van der Waals surface area contributed by atoms with E-state index in [2.05, 4.69) is 35.6 Å². The van der Waals surface area contributed by atoms with Gasteiger partial charge in [-0.1, -0.05) is 23.2 Å². The first-order valence-corrected chi connectivity index (χ1v) is 7.73. The topological polar surface area (TPSA) is 84.8 Å². The Morgan fingerprint density at radius 3 is 2.42 bits per heavy atom. The molecule has 0 radical (unpaired) electrons. The number of rotatable bonds is 3. The van der Waals surface area contributed by atoms with Crippen LogP contribution in [-0.4, -0.2) is 23.4 Å². The Morgan fingerprint density at radius 1 is 1.11 bits per heavy atom. The Labute approximate surface area is 127 Å². The van der Waals surface area contributed by atoms with Gasteiger partial charge in [-0.15, -0.1) is 0 Å². The highest BCUT2D eigenvalue weighted by Crippen LogP contribution is 2.23. The maximum Gasteiger partial charge on any atom is 0.264 e. The number of pyridine rings is 1. The van der Waals surface area contributed by atoms with Gasteiger partial charge in [-0.05, 0) is 22.0 Å². The van der Waals surface area contributed by atoms with Gasteiger partial charge in [-0.3, -0.25) is 4.72 Å². The molecule has 0 saturated heterocycles. The Hall–Kier alpha value is -0.960. The molecular formula is C9H5BrCl2N4O2S. The van der Waals surface area contributed by atoms with E-state index in [0.29, 0.717) is 4.60 Å². The van der Waals surface area contributed by atoms with E-state index in [4.69, 9.17) is 23.2 Å². The summed E-state index contributed by atoms with van der Waals surface area (Å²) >= 11 is 14.4. The molecular weight excluding hydrogens is 379 g/mol. The van der Waals surface area contributed by atoms with Gasteiger partial charge in [0, 0.05) is 6.20 Å². The highest BCUT2D eigenvalue weighted by Gasteiger charge is 2.17. The lowest BCUT2D eigenvalue weighted by molar-refractivity contribution is 0.600. The van der Waals surface area contributed by atoms with Crippen molar-refractivity contribution in [2.24, 2.45) is 0 Å². The minimum absolute atomic E-state index is 0.0315. The Morgan fingerprint density at radius 2 is 1.84 bits per heavy atom. The van der Waals surface area contributed by atoms with Crippen molar-refractivity contribution in [1.82, 2.24) is 15.0 Å². The van der Waals surface area contributed by atoms with Crippen molar-refractivity contribution < 1.29 is 8.42 Å². The molecule has 0 saturated carbocycles. The van der Waals surface area contributed by atoms with Crippen molar-refractivity contribution in [3.63, 3.8) is 0 Å². The van der Waals surface area contributed by atoms with Gasteiger partial charge in [0.05, 0.1) is 17.4 Å². The molecule has 0 unspecified atom stereocenters. The predicted octanol–water partition coefficient (Wildman–Crippen LogP) is 2.74. The van der Waals surface area contributed by atoms with Gasteiger partial charge in [-0.25, -0.2) is 23.4 Å². The van der Waals surface area contributed by atoms with E-state index in [1.807, 2.05) is 0 Å². The van der Waals surface area contributed by atoms with Crippen LogP contribution < -0.4 is 4.72 Å². The lowest BCUT2D eigenvalue weighted by Crippen LogP contribution is -2.14. The van der Waals surface area contributed by atoms with E-state index in [1.54, 1.807) is 0 Å². The lowest BCUT2D eigenvalue weighted by atomic mass is 10.5. The molecule has 0 fully saturated rings. The number of aromatic nitrogens is 3. The molecule has 19 heavy (non-hydrogen) atoms. The first-order chi connectivity index (χ1) is 8.88. The SMILES string of the molecule is O=S(=O)(Nc1cnc(Br)cn1)c1cnc(Cl)c(Cl)c1. The Bertz CT molecular complexity index is 709. The van der Waals surface area contributed by atoms with Gasteiger partial charge in [-0.2, -0.15) is 0 Å². The zero-order valence-electron chi connectivity index (χ0n) is 9.01. The molecule has 2 rings (SSSR count). The average Bonchev–Trinajstić information content (AvgIpc) is 2.35. The maximum absolute atomic E-state index is 12.0. The summed E-state index contributed by atoms with van der Waals surface area (Å²) in [7, 11) is -3.84. The summed E-state index contributed by atoms with van der Waals surface area (Å²) < 4.78 is 26.8. The van der Waals surface area contributed by atoms with Crippen LogP contribution in [0.5, 0.6) is 0 Å². The zero-order chi connectivity index (χ0) is 14.0. The monoisotopic (exact) mass is 382 g/mol. The number of anilines is 1. The quantitative estimate of drug-likeness (QED) is 0.823. The number of halogens is 3. The highest BCUT2D eigenvalue weighted by atomic mass is 79.9. The summed E-state index contributed by atoms with van der Waals surface area (Å²) in [5.74, 6) is 0.0780. The summed E-state index contributed by atoms with van der Waals surface area (Å²) in [4.78, 5) is 11.3. The smallest absolute Gasteiger partial charge is 0.262 e. The highest BCUT2D eigenvalue weighted by molar-refractivity contribution is 9.10. The van der Waals surface area contributed by atoms with Crippen LogP contribution in [0.1, 0.15) is 0 Å². The van der Waals surface area contributed by atoms with Crippen molar-refractivity contribution >= 4 is 55.0 Å². The van der Waals surface area contributed by atoms with Gasteiger partial charge >= 0.3 is 0 Å². The largest absolute Gasteiger partial charge is 0.264 e. The van der Waals surface area contributed by atoms with Gasteiger partial charge in [0.15, 0.2) is 5.82 Å². The molecule has 0 bridgehead atoms. The number of hydrogen-bond acceptors (Lipinski definition) is 5. The molecule has 10 heteroatoms. The molecule has 0 amide bonds. The molecule has 2 aromatic rings. The van der Waals surface area contributed by atoms with Crippen LogP contribution in [0.4, 0.5) is 5.82 Å². The average molecular weight is 384 g/mol. The Kier molecular flexibility index (Phi) is 4.24. The van der Waals surface area contributed by atoms with Gasteiger partial charge in [0.25, 0.3) is 10.0 Å². The maximum atomic E-state index is 12.0. The molecule has 2 heterocycles. The molecule has 0 aromatic carbocycles. The predicted molar refractivity (Wildman–Crippen MR) is 74.8 cm³/mol. The minimum Gasteiger partial charge on any atom is -0.262 e. The van der Waals surface area contributed by atoms with Gasteiger partial charge in [0.1, 0.15) is 14.7 Å². The van der Waals surface area contributed by atoms with E-state index < -0.39 is 10.0 Å². The van der Waals surface area contributed by atoms with Crippen molar-refractivity contribution in [2.75, 3.05) is 4.72 Å². The zero-order valence-corrected chi connectivity index (χ0v) is 12.9. The second-order valence-corrected chi connectivity index (χ2v) is 6.53. The summed E-state index contributed by atoms with van der Waals surface area (Å²) in [5.41, 5.74) is 0. The molecule has 1 N–H and O–H groups in total. The summed E-state index contributed by atoms with van der Waals surface area (Å²) in [6.45, 7) is 0. The molecule has 0 atom stereocenters. The normalized spacial score (nSPS) is 11.3. The Balaban J connectivity index is 2.32. The standard InChI is InChI=1S/C9H5BrCl2N4O2S/c10-7-3-14-8(4-13-7)16-19(17,18)5-1-6(11)9(12)15-2-5/h1-4H,(H,14,16). The molecule has 100 valence electrons. The van der Waals surface area contributed by atoms with Crippen molar-refractivity contribution in [3.05, 3.63) is 39.4 Å². The van der Waals surface area contributed by atoms with Crippen molar-refractivity contribution in [2.45, 2.75) is 4.90 Å². The fourth-order valence-electron chi connectivity index (χ4n) is 1.11. The van der Waals surface area contributed by atoms with Crippen molar-refractivity contribution in [1.29, 1.82) is 0 Å². The minimum atomic E-state index is -3.84. The van der Waals surface area contributed by atoms with Crippen LogP contribution in [-0.2, 0) is 10.0 Å². The fourth-order valence-corrected chi connectivity index (χ4v) is 2.61. The first kappa shape index (κ1) is 14.4. The first-order valence-electron chi connectivity index (χ1n) is 4.70. The summed E-state index contributed by atoms with van der Waals surface area (Å²) in [6, 6.07) is 1.20. The lowest BCUT2D eigenvalue weighted by Gasteiger charge is -2.07. The van der Waals surface area contributed by atoms with Crippen LogP contribution in [0.2, 0.25) is 10.2 Å². The molecule has 0 aliphatic rings. The second-order valence-electron chi connectivity index (χ2n) is 3.27. The summed E-state index contributed by atoms with van der Waals surface area (Å²) in [6.07, 6.45) is 3.74. The molecule has 0 aliphatic carbocycles. The van der Waals surface area contributed by atoms with Crippen LogP contribution in [0, 0.1) is 0 Å². The molecule has 0 aliphatic heterocycles. The third-order valence-corrected chi connectivity index (χ3v) is 4.36. The third kappa shape index (κ3) is 3.53. The van der Waals surface area contributed by atoms with Gasteiger partial charge in [0.2, 0.25) is 0 Å². The van der Waals surface area contributed by atoms with E-state index in [0.717, 1.165) is 6.20 Å². The molecule has 6 nitrogen and oxygen atoms in total. The van der Waals surface area contributed by atoms with Crippen LogP contribution in [0.15, 0.2) is 34.2 Å². The van der Waals surface area contributed by atoms with Crippen molar-refractivity contribution in [3.8, 4) is 0 Å². The molecule has 0 spiro atoms. The van der Waals surface area contributed by atoms with Crippen LogP contribution in [0.25, 0.3) is 0 Å². The second kappa shape index (κ2) is 5.58. The third-order valence-electron chi connectivity index (χ3n) is 1.94. The fraction of sp³-hybridized carbons (Fsp3) is 0. The number of sulfonamides is 1. The summed E-state index contributed by atoms with van der Waals surface area (Å²) in [5, 5.41) is 0.0791. The van der Waals surface area contributed by atoms with E-state index >= 15 is 0 Å². The number of nitrogens with zero attached hydrogens (tertiary/aromatic N) is 3. The number of nitrogens with one attached hydrogen (secondary N) is 1. The van der Waals surface area contributed by atoms with Gasteiger partial charge < -0.3 is 0 Å². The van der Waals surface area contributed by atoms with Crippen LogP contribution >= 0.6 is 39.1 Å². The van der Waals surface area contributed by atoms with E-state index in [1.165, 1.54) is 18.5 Å². The van der Waals surface area contributed by atoms with E-state index in [-0.39, 0.29) is 20.9 Å². The molecule has 2 aromatic heterocycles. The number of hydrogen-bond donors (Lipinski definition) is 1. The van der Waals surface area contributed by atoms with Crippen LogP contribution in [0.3, 0.4) is 0 Å².